The molecule has 0 saturated carbocycles. The van der Waals surface area contributed by atoms with E-state index >= 15 is 0 Å². The number of rotatable bonds is 7. The molecular weight excluding hydrogens is 390 g/mol. The van der Waals surface area contributed by atoms with Gasteiger partial charge < -0.3 is 14.8 Å². The second kappa shape index (κ2) is 9.62. The van der Waals surface area contributed by atoms with Crippen LogP contribution in [0.2, 0.25) is 0 Å². The van der Waals surface area contributed by atoms with Gasteiger partial charge in [0.05, 0.1) is 20.3 Å². The minimum atomic E-state index is -0.242. The zero-order valence-corrected chi connectivity index (χ0v) is 17.9. The van der Waals surface area contributed by atoms with Gasteiger partial charge in [0.15, 0.2) is 0 Å². The van der Waals surface area contributed by atoms with Crippen molar-refractivity contribution < 1.29 is 14.3 Å². The van der Waals surface area contributed by atoms with E-state index in [-0.39, 0.29) is 11.9 Å². The Morgan fingerprint density at radius 2 is 1.87 bits per heavy atom. The molecule has 31 heavy (non-hydrogen) atoms. The summed E-state index contributed by atoms with van der Waals surface area (Å²) in [4.78, 5) is 19.1. The number of ether oxygens (including phenoxy) is 2. The number of piperazine rings is 1. The van der Waals surface area contributed by atoms with Crippen LogP contribution in [-0.2, 0) is 17.8 Å². The molecule has 0 aliphatic carbocycles. The molecule has 0 bridgehead atoms. The molecule has 6 nitrogen and oxygen atoms in total. The van der Waals surface area contributed by atoms with E-state index in [1.54, 1.807) is 26.6 Å². The predicted molar refractivity (Wildman–Crippen MR) is 120 cm³/mol. The summed E-state index contributed by atoms with van der Waals surface area (Å²) in [7, 11) is 3.29. The number of nitrogens with zero attached hydrogens (tertiary/aromatic N) is 2. The van der Waals surface area contributed by atoms with Crippen molar-refractivity contribution in [1.29, 1.82) is 0 Å². The lowest BCUT2D eigenvalue weighted by molar-refractivity contribution is -0.129. The van der Waals surface area contributed by atoms with Gasteiger partial charge in [-0.2, -0.15) is 0 Å². The topological polar surface area (TPSA) is 63.7 Å². The maximum atomic E-state index is 12.8. The van der Waals surface area contributed by atoms with Gasteiger partial charge >= 0.3 is 0 Å². The number of hydrogen-bond acceptors (Lipinski definition) is 5. The monoisotopic (exact) mass is 417 g/mol. The summed E-state index contributed by atoms with van der Waals surface area (Å²) in [5, 5.41) is 3.02. The number of methoxy groups -OCH3 is 2. The van der Waals surface area contributed by atoms with Crippen molar-refractivity contribution >= 4 is 5.91 Å². The molecule has 0 radical (unpaired) electrons. The van der Waals surface area contributed by atoms with Gasteiger partial charge in [-0.1, -0.05) is 30.3 Å². The third-order valence-corrected chi connectivity index (χ3v) is 5.68. The number of carbonyl (C=O) groups excluding carboxylic acids is 1. The van der Waals surface area contributed by atoms with E-state index in [1.165, 1.54) is 0 Å². The number of hydrogen-bond donors (Lipinski definition) is 1. The highest BCUT2D eigenvalue weighted by Gasteiger charge is 2.30. The molecule has 1 aliphatic heterocycles. The Morgan fingerprint density at radius 3 is 2.65 bits per heavy atom. The van der Waals surface area contributed by atoms with Gasteiger partial charge in [-0.05, 0) is 41.3 Å². The van der Waals surface area contributed by atoms with E-state index < -0.39 is 0 Å². The highest BCUT2D eigenvalue weighted by Crippen LogP contribution is 2.27. The zero-order valence-electron chi connectivity index (χ0n) is 17.9. The Balaban J connectivity index is 1.56. The van der Waals surface area contributed by atoms with Crippen LogP contribution in [0.3, 0.4) is 0 Å². The fourth-order valence-electron chi connectivity index (χ4n) is 4.02. The van der Waals surface area contributed by atoms with Gasteiger partial charge in [0.2, 0.25) is 5.91 Å². The van der Waals surface area contributed by atoms with E-state index in [4.69, 9.17) is 9.47 Å². The fraction of sp³-hybridized carbons (Fsp3) is 0.280. The van der Waals surface area contributed by atoms with E-state index in [0.29, 0.717) is 19.5 Å². The summed E-state index contributed by atoms with van der Waals surface area (Å²) in [5.74, 6) is 1.58. The van der Waals surface area contributed by atoms with Crippen LogP contribution in [0.25, 0.3) is 11.1 Å². The third-order valence-electron chi connectivity index (χ3n) is 5.68. The quantitative estimate of drug-likeness (QED) is 0.639. The Hall–Kier alpha value is -3.38. The Kier molecular flexibility index (Phi) is 6.48. The number of aromatic nitrogens is 1. The van der Waals surface area contributed by atoms with Crippen molar-refractivity contribution in [3.8, 4) is 22.6 Å². The van der Waals surface area contributed by atoms with E-state index in [1.807, 2.05) is 36.4 Å². The molecule has 4 rings (SSSR count). The van der Waals surface area contributed by atoms with Gasteiger partial charge in [0.25, 0.3) is 0 Å². The minimum Gasteiger partial charge on any atom is -0.497 e. The molecule has 160 valence electrons. The van der Waals surface area contributed by atoms with Gasteiger partial charge in [-0.15, -0.1) is 0 Å². The summed E-state index contributed by atoms with van der Waals surface area (Å²) in [6.07, 6.45) is 4.23. The number of benzene rings is 2. The number of amides is 1. The normalized spacial score (nSPS) is 16.6. The van der Waals surface area contributed by atoms with Crippen molar-refractivity contribution in [2.75, 3.05) is 27.3 Å². The fourth-order valence-corrected chi connectivity index (χ4v) is 4.02. The lowest BCUT2D eigenvalue weighted by atomic mass is 9.97. The van der Waals surface area contributed by atoms with Crippen LogP contribution in [0, 0.1) is 0 Å². The summed E-state index contributed by atoms with van der Waals surface area (Å²) >= 11 is 0. The van der Waals surface area contributed by atoms with Crippen LogP contribution >= 0.6 is 0 Å². The SMILES string of the molecule is COc1ccc(CN2CCNC(=O)[C@@H]2Cc2cccc(-c3ccncc3)c2)c(OC)c1. The highest BCUT2D eigenvalue weighted by atomic mass is 16.5. The summed E-state index contributed by atoms with van der Waals surface area (Å²) in [5.41, 5.74) is 4.40. The molecule has 2 heterocycles. The van der Waals surface area contributed by atoms with Crippen molar-refractivity contribution in [1.82, 2.24) is 15.2 Å². The summed E-state index contributed by atoms with van der Waals surface area (Å²) < 4.78 is 10.9. The number of carbonyl (C=O) groups is 1. The second-order valence-electron chi connectivity index (χ2n) is 7.60. The average molecular weight is 418 g/mol. The average Bonchev–Trinajstić information content (AvgIpc) is 2.82. The summed E-state index contributed by atoms with van der Waals surface area (Å²) in [6, 6.07) is 17.9. The maximum Gasteiger partial charge on any atom is 0.237 e. The van der Waals surface area contributed by atoms with Gasteiger partial charge in [-0.3, -0.25) is 14.7 Å². The van der Waals surface area contributed by atoms with Crippen LogP contribution in [0.1, 0.15) is 11.1 Å². The highest BCUT2D eigenvalue weighted by molar-refractivity contribution is 5.83. The second-order valence-corrected chi connectivity index (χ2v) is 7.60. The molecule has 0 spiro atoms. The summed E-state index contributed by atoms with van der Waals surface area (Å²) in [6.45, 7) is 2.07. The molecule has 1 amide bonds. The standard InChI is InChI=1S/C25H27N3O3/c1-30-22-7-6-21(24(16-22)31-2)17-28-13-12-27-25(29)23(28)15-18-4-3-5-20(14-18)19-8-10-26-11-9-19/h3-11,14,16,23H,12-13,15,17H2,1-2H3,(H,27,29)/t23-/m0/s1. The molecule has 6 heteroatoms. The van der Waals surface area contributed by atoms with Crippen LogP contribution in [0.5, 0.6) is 11.5 Å². The van der Waals surface area contributed by atoms with E-state index in [9.17, 15) is 4.79 Å². The van der Waals surface area contributed by atoms with Crippen LogP contribution in [-0.4, -0.2) is 49.1 Å². The molecule has 1 atom stereocenters. The van der Waals surface area contributed by atoms with Crippen molar-refractivity contribution in [2.24, 2.45) is 0 Å². The minimum absolute atomic E-state index is 0.0630. The first-order valence-electron chi connectivity index (χ1n) is 10.4. The molecule has 1 fully saturated rings. The molecule has 1 N–H and O–H groups in total. The van der Waals surface area contributed by atoms with Crippen molar-refractivity contribution in [3.05, 3.63) is 78.1 Å². The molecule has 1 aromatic heterocycles. The zero-order chi connectivity index (χ0) is 21.6. The van der Waals surface area contributed by atoms with Crippen LogP contribution in [0.15, 0.2) is 67.0 Å². The first-order chi connectivity index (χ1) is 15.2. The van der Waals surface area contributed by atoms with Crippen LogP contribution < -0.4 is 14.8 Å². The maximum absolute atomic E-state index is 12.8. The van der Waals surface area contributed by atoms with E-state index in [2.05, 4.69) is 33.4 Å². The molecule has 2 aromatic carbocycles. The smallest absolute Gasteiger partial charge is 0.237 e. The molecule has 1 aliphatic rings. The van der Waals surface area contributed by atoms with Crippen LogP contribution in [0.4, 0.5) is 0 Å². The Labute approximate surface area is 182 Å². The molecular formula is C25H27N3O3. The molecule has 1 saturated heterocycles. The lowest BCUT2D eigenvalue weighted by Gasteiger charge is -2.35. The molecule has 0 unspecified atom stereocenters. The van der Waals surface area contributed by atoms with Gasteiger partial charge in [0, 0.05) is 43.7 Å². The largest absolute Gasteiger partial charge is 0.497 e. The van der Waals surface area contributed by atoms with Crippen molar-refractivity contribution in [3.63, 3.8) is 0 Å². The van der Waals surface area contributed by atoms with E-state index in [0.717, 1.165) is 40.3 Å². The number of nitrogens with one attached hydrogen (secondary N) is 1. The number of pyridine rings is 1. The lowest BCUT2D eigenvalue weighted by Crippen LogP contribution is -2.55. The van der Waals surface area contributed by atoms with Gasteiger partial charge in [-0.25, -0.2) is 0 Å². The first-order valence-corrected chi connectivity index (χ1v) is 10.4. The Morgan fingerprint density at radius 1 is 1.03 bits per heavy atom. The third kappa shape index (κ3) is 4.86. The predicted octanol–water partition coefficient (Wildman–Crippen LogP) is 3.31. The first kappa shape index (κ1) is 20.9. The van der Waals surface area contributed by atoms with Crippen molar-refractivity contribution in [2.45, 2.75) is 19.0 Å². The molecule has 3 aromatic rings. The Bertz CT molecular complexity index is 1040. The van der Waals surface area contributed by atoms with Gasteiger partial charge in [0.1, 0.15) is 11.5 Å².